The van der Waals surface area contributed by atoms with Crippen molar-refractivity contribution in [3.8, 4) is 0 Å². The van der Waals surface area contributed by atoms with E-state index in [0.717, 1.165) is 6.42 Å². The average Bonchev–Trinajstić information content (AvgIpc) is 2.80. The molecule has 2 rings (SSSR count). The van der Waals surface area contributed by atoms with Gasteiger partial charge in [0.15, 0.2) is 0 Å². The van der Waals surface area contributed by atoms with Gasteiger partial charge in [0.05, 0.1) is 13.2 Å². The number of benzene rings is 1. The monoisotopic (exact) mass is 478 g/mol. The summed E-state index contributed by atoms with van der Waals surface area (Å²) in [4.78, 5) is 50.2. The van der Waals surface area contributed by atoms with E-state index in [1.165, 1.54) is 19.2 Å². The van der Waals surface area contributed by atoms with Crippen molar-refractivity contribution in [2.75, 3.05) is 13.7 Å². The van der Waals surface area contributed by atoms with Crippen LogP contribution in [0.15, 0.2) is 24.3 Å². The Morgan fingerprint density at radius 1 is 1.15 bits per heavy atom. The van der Waals surface area contributed by atoms with Crippen LogP contribution in [0.1, 0.15) is 45.1 Å². The molecule has 9 nitrogen and oxygen atoms in total. The first kappa shape index (κ1) is 27.2. The smallest absolute Gasteiger partial charge is 0.328 e. The van der Waals surface area contributed by atoms with Crippen LogP contribution in [-0.4, -0.2) is 55.5 Å². The van der Waals surface area contributed by atoms with Gasteiger partial charge in [-0.1, -0.05) is 26.0 Å². The first-order chi connectivity index (χ1) is 16.1. The third kappa shape index (κ3) is 8.40. The first-order valence-corrected chi connectivity index (χ1v) is 11.6. The lowest BCUT2D eigenvalue weighted by molar-refractivity contribution is -0.146. The third-order valence-corrected chi connectivity index (χ3v) is 5.77. The second-order valence-electron chi connectivity index (χ2n) is 9.08. The zero-order valence-corrected chi connectivity index (χ0v) is 19.9. The maximum atomic E-state index is 13.1. The zero-order valence-electron chi connectivity index (χ0n) is 19.9. The molecule has 1 saturated heterocycles. The lowest BCUT2D eigenvalue weighted by atomic mass is 9.91. The number of hydrogen-bond donors (Lipinski definition) is 4. The van der Waals surface area contributed by atoms with Gasteiger partial charge in [-0.15, -0.1) is 0 Å². The number of halogens is 1. The molecule has 0 aliphatic carbocycles. The van der Waals surface area contributed by atoms with Crippen molar-refractivity contribution < 1.29 is 28.3 Å². The number of amides is 3. The fourth-order valence-corrected chi connectivity index (χ4v) is 3.92. The number of rotatable bonds is 11. The number of methoxy groups -OCH3 is 1. The second kappa shape index (κ2) is 13.0. The molecule has 5 N–H and O–H groups in total. The standard InChI is InChI=1S/C24H35FN4O5/c1-14(2)11-19(28-22(31)18(26)12-15-6-8-17(25)9-7-15)23(32)29-20(24(33)34-3)13-16-5-4-10-27-21(16)30/h6-9,14,16,18-20H,4-5,10-13,26H2,1-3H3,(H,27,30)(H,28,31)(H,29,32)/t16-,18-,19-,20-/m0/s1. The van der Waals surface area contributed by atoms with Gasteiger partial charge >= 0.3 is 5.97 Å². The summed E-state index contributed by atoms with van der Waals surface area (Å²) in [6, 6.07) is 2.76. The molecule has 1 aliphatic heterocycles. The van der Waals surface area contributed by atoms with Gasteiger partial charge in [0.1, 0.15) is 17.9 Å². The Balaban J connectivity index is 2.06. The number of carbonyl (C=O) groups is 4. The number of esters is 1. The second-order valence-corrected chi connectivity index (χ2v) is 9.08. The van der Waals surface area contributed by atoms with Crippen molar-refractivity contribution in [3.05, 3.63) is 35.6 Å². The number of ether oxygens (including phenoxy) is 1. The molecule has 0 saturated carbocycles. The van der Waals surface area contributed by atoms with Gasteiger partial charge in [-0.25, -0.2) is 9.18 Å². The van der Waals surface area contributed by atoms with E-state index in [-0.39, 0.29) is 30.5 Å². The number of piperidine rings is 1. The minimum atomic E-state index is -1.02. The van der Waals surface area contributed by atoms with Gasteiger partial charge in [0.2, 0.25) is 17.7 Å². The fraction of sp³-hybridized carbons (Fsp3) is 0.583. The van der Waals surface area contributed by atoms with E-state index in [1.54, 1.807) is 12.1 Å². The summed E-state index contributed by atoms with van der Waals surface area (Å²) >= 11 is 0. The molecule has 1 fully saturated rings. The van der Waals surface area contributed by atoms with Gasteiger partial charge in [-0.3, -0.25) is 14.4 Å². The minimum absolute atomic E-state index is 0.0603. The molecule has 188 valence electrons. The number of nitrogens with one attached hydrogen (secondary N) is 3. The van der Waals surface area contributed by atoms with Gasteiger partial charge in [-0.2, -0.15) is 0 Å². The molecule has 1 aliphatic rings. The molecule has 4 atom stereocenters. The molecule has 0 aromatic heterocycles. The number of nitrogens with two attached hydrogens (primary N) is 1. The Hall–Kier alpha value is -3.01. The van der Waals surface area contributed by atoms with Gasteiger partial charge in [0.25, 0.3) is 0 Å². The number of carbonyl (C=O) groups excluding carboxylic acids is 4. The van der Waals surface area contributed by atoms with Crippen molar-refractivity contribution in [1.29, 1.82) is 0 Å². The maximum Gasteiger partial charge on any atom is 0.328 e. The Morgan fingerprint density at radius 3 is 2.38 bits per heavy atom. The van der Waals surface area contributed by atoms with Crippen LogP contribution in [0.2, 0.25) is 0 Å². The van der Waals surface area contributed by atoms with E-state index in [2.05, 4.69) is 16.0 Å². The van der Waals surface area contributed by atoms with Crippen molar-refractivity contribution in [2.45, 2.75) is 64.1 Å². The third-order valence-electron chi connectivity index (χ3n) is 5.77. The molecule has 1 aromatic carbocycles. The quantitative estimate of drug-likeness (QED) is 0.347. The zero-order chi connectivity index (χ0) is 25.3. The first-order valence-electron chi connectivity index (χ1n) is 11.6. The Kier molecular flexibility index (Phi) is 10.4. The molecule has 10 heteroatoms. The highest BCUT2D eigenvalue weighted by molar-refractivity contribution is 5.92. The highest BCUT2D eigenvalue weighted by Crippen LogP contribution is 2.18. The molecule has 0 unspecified atom stereocenters. The molecular weight excluding hydrogens is 443 g/mol. The lowest BCUT2D eigenvalue weighted by Gasteiger charge is -2.28. The summed E-state index contributed by atoms with van der Waals surface area (Å²) in [5.74, 6) is -2.65. The predicted molar refractivity (Wildman–Crippen MR) is 124 cm³/mol. The summed E-state index contributed by atoms with van der Waals surface area (Å²) in [5.41, 5.74) is 6.71. The highest BCUT2D eigenvalue weighted by Gasteiger charge is 2.33. The maximum absolute atomic E-state index is 13.1. The van der Waals surface area contributed by atoms with E-state index in [9.17, 15) is 23.6 Å². The van der Waals surface area contributed by atoms with Crippen LogP contribution in [-0.2, 0) is 30.3 Å². The van der Waals surface area contributed by atoms with Crippen molar-refractivity contribution >= 4 is 23.7 Å². The summed E-state index contributed by atoms with van der Waals surface area (Å²) in [6.07, 6.45) is 1.99. The highest BCUT2D eigenvalue weighted by atomic mass is 19.1. The predicted octanol–water partition coefficient (Wildman–Crippen LogP) is 0.801. The topological polar surface area (TPSA) is 140 Å². The molecule has 0 radical (unpaired) electrons. The Labute approximate surface area is 199 Å². The average molecular weight is 479 g/mol. The van der Waals surface area contributed by atoms with E-state index in [0.29, 0.717) is 24.9 Å². The van der Waals surface area contributed by atoms with Crippen LogP contribution in [0.25, 0.3) is 0 Å². The van der Waals surface area contributed by atoms with Crippen molar-refractivity contribution in [2.24, 2.45) is 17.6 Å². The van der Waals surface area contributed by atoms with Crippen LogP contribution < -0.4 is 21.7 Å². The summed E-state index contributed by atoms with van der Waals surface area (Å²) in [5, 5.41) is 8.09. The fourth-order valence-electron chi connectivity index (χ4n) is 3.92. The van der Waals surface area contributed by atoms with Gasteiger partial charge in [-0.05, 0) is 55.7 Å². The normalized spacial score (nSPS) is 18.4. The summed E-state index contributed by atoms with van der Waals surface area (Å²) < 4.78 is 17.9. The Bertz CT molecular complexity index is 861. The summed E-state index contributed by atoms with van der Waals surface area (Å²) in [7, 11) is 1.21. The van der Waals surface area contributed by atoms with E-state index >= 15 is 0 Å². The largest absolute Gasteiger partial charge is 0.467 e. The molecule has 1 heterocycles. The number of hydrogen-bond acceptors (Lipinski definition) is 6. The molecule has 0 spiro atoms. The minimum Gasteiger partial charge on any atom is -0.467 e. The molecular formula is C24H35FN4O5. The van der Waals surface area contributed by atoms with Crippen LogP contribution in [0.5, 0.6) is 0 Å². The summed E-state index contributed by atoms with van der Waals surface area (Å²) in [6.45, 7) is 4.38. The van der Waals surface area contributed by atoms with Crippen LogP contribution in [0.4, 0.5) is 4.39 Å². The van der Waals surface area contributed by atoms with Crippen LogP contribution >= 0.6 is 0 Å². The molecule has 1 aromatic rings. The lowest BCUT2D eigenvalue weighted by Crippen LogP contribution is -2.56. The molecule has 34 heavy (non-hydrogen) atoms. The van der Waals surface area contributed by atoms with Crippen molar-refractivity contribution in [1.82, 2.24) is 16.0 Å². The van der Waals surface area contributed by atoms with Crippen LogP contribution in [0, 0.1) is 17.7 Å². The molecule has 3 amide bonds. The SMILES string of the molecule is COC(=O)[C@H](C[C@@H]1CCCNC1=O)NC(=O)[C@H](CC(C)C)NC(=O)[C@@H](N)Cc1ccc(F)cc1. The van der Waals surface area contributed by atoms with E-state index < -0.39 is 41.8 Å². The van der Waals surface area contributed by atoms with Gasteiger partial charge in [0, 0.05) is 12.5 Å². The van der Waals surface area contributed by atoms with Gasteiger partial charge < -0.3 is 26.4 Å². The van der Waals surface area contributed by atoms with E-state index in [1.807, 2.05) is 13.8 Å². The van der Waals surface area contributed by atoms with E-state index in [4.69, 9.17) is 10.5 Å². The Morgan fingerprint density at radius 2 is 1.79 bits per heavy atom. The van der Waals surface area contributed by atoms with Crippen LogP contribution in [0.3, 0.4) is 0 Å². The van der Waals surface area contributed by atoms with Crippen molar-refractivity contribution in [3.63, 3.8) is 0 Å². The molecule has 0 bridgehead atoms.